The normalized spacial score (nSPS) is 23.3. The van der Waals surface area contributed by atoms with Crippen LogP contribution < -0.4 is 5.32 Å². The predicted octanol–water partition coefficient (Wildman–Crippen LogP) is 3.92. The molecule has 0 aliphatic heterocycles. The van der Waals surface area contributed by atoms with Gasteiger partial charge in [0.2, 0.25) is 0 Å². The number of nitrogens with zero attached hydrogens (tertiary/aromatic N) is 1. The number of thiazole rings is 1. The van der Waals surface area contributed by atoms with Gasteiger partial charge in [0.1, 0.15) is 4.88 Å². The maximum absolute atomic E-state index is 11.0. The van der Waals surface area contributed by atoms with Gasteiger partial charge >= 0.3 is 5.97 Å². The number of anilines is 1. The fourth-order valence-corrected chi connectivity index (χ4v) is 3.72. The molecule has 1 aromatic rings. The van der Waals surface area contributed by atoms with Gasteiger partial charge in [-0.25, -0.2) is 9.78 Å². The molecule has 0 spiro atoms. The van der Waals surface area contributed by atoms with Crippen LogP contribution in [0.2, 0.25) is 0 Å². The zero-order chi connectivity index (χ0) is 13.8. The highest BCUT2D eigenvalue weighted by Crippen LogP contribution is 2.31. The Morgan fingerprint density at radius 3 is 2.63 bits per heavy atom. The summed E-state index contributed by atoms with van der Waals surface area (Å²) in [7, 11) is 0. The zero-order valence-electron chi connectivity index (χ0n) is 11.6. The van der Waals surface area contributed by atoms with E-state index in [0.29, 0.717) is 16.6 Å². The number of aryl methyl sites for hydroxylation is 1. The van der Waals surface area contributed by atoms with E-state index in [4.69, 9.17) is 5.11 Å². The Morgan fingerprint density at radius 2 is 2.11 bits per heavy atom. The molecule has 19 heavy (non-hydrogen) atoms. The van der Waals surface area contributed by atoms with Gasteiger partial charge in [-0.05, 0) is 38.5 Å². The molecular weight excluding hydrogens is 260 g/mol. The molecule has 2 rings (SSSR count). The molecule has 0 radical (unpaired) electrons. The number of carboxylic acids is 1. The van der Waals surface area contributed by atoms with E-state index in [2.05, 4.69) is 17.2 Å². The standard InChI is InChI=1S/C14H22N2O2S/c1-3-4-10-5-7-11(8-6-10)16-14-15-9(2)12(19-14)13(17)18/h10-11H,3-8H2,1-2H3,(H,15,16)(H,17,18). The highest BCUT2D eigenvalue weighted by atomic mass is 32.1. The van der Waals surface area contributed by atoms with Crippen molar-refractivity contribution in [3.05, 3.63) is 10.6 Å². The first-order valence-corrected chi connectivity index (χ1v) is 7.89. The molecule has 0 unspecified atom stereocenters. The van der Waals surface area contributed by atoms with Crippen molar-refractivity contribution in [3.8, 4) is 0 Å². The van der Waals surface area contributed by atoms with Crippen molar-refractivity contribution in [1.29, 1.82) is 0 Å². The Balaban J connectivity index is 1.89. The molecule has 5 heteroatoms. The van der Waals surface area contributed by atoms with Gasteiger partial charge < -0.3 is 10.4 Å². The fourth-order valence-electron chi connectivity index (χ4n) is 2.83. The third-order valence-electron chi connectivity index (χ3n) is 3.86. The second-order valence-electron chi connectivity index (χ2n) is 5.39. The summed E-state index contributed by atoms with van der Waals surface area (Å²) in [6.45, 7) is 4.00. The van der Waals surface area contributed by atoms with Crippen LogP contribution in [0.25, 0.3) is 0 Å². The highest BCUT2D eigenvalue weighted by molar-refractivity contribution is 7.17. The first kappa shape index (κ1) is 14.3. The van der Waals surface area contributed by atoms with E-state index in [1.807, 2.05) is 0 Å². The van der Waals surface area contributed by atoms with Gasteiger partial charge in [-0.1, -0.05) is 31.1 Å². The van der Waals surface area contributed by atoms with E-state index >= 15 is 0 Å². The topological polar surface area (TPSA) is 62.2 Å². The second-order valence-corrected chi connectivity index (χ2v) is 6.39. The van der Waals surface area contributed by atoms with E-state index in [0.717, 1.165) is 11.0 Å². The number of nitrogens with one attached hydrogen (secondary N) is 1. The molecule has 1 aliphatic carbocycles. The SMILES string of the molecule is CCCC1CCC(Nc2nc(C)c(C(=O)O)s2)CC1. The minimum atomic E-state index is -0.880. The van der Waals surface area contributed by atoms with Crippen LogP contribution in [0.1, 0.15) is 60.8 Å². The molecule has 0 aromatic carbocycles. The van der Waals surface area contributed by atoms with Crippen LogP contribution in [0.3, 0.4) is 0 Å². The molecular formula is C14H22N2O2S. The van der Waals surface area contributed by atoms with Crippen LogP contribution >= 0.6 is 11.3 Å². The van der Waals surface area contributed by atoms with Crippen molar-refractivity contribution >= 4 is 22.4 Å². The van der Waals surface area contributed by atoms with E-state index in [9.17, 15) is 4.79 Å². The van der Waals surface area contributed by atoms with Gasteiger partial charge in [0.05, 0.1) is 5.69 Å². The average Bonchev–Trinajstić information content (AvgIpc) is 2.73. The minimum Gasteiger partial charge on any atom is -0.477 e. The number of aromatic carboxylic acids is 1. The van der Waals surface area contributed by atoms with E-state index in [1.165, 1.54) is 49.9 Å². The van der Waals surface area contributed by atoms with Gasteiger partial charge in [-0.3, -0.25) is 0 Å². The molecule has 0 bridgehead atoms. The summed E-state index contributed by atoms with van der Waals surface area (Å²) < 4.78 is 0. The number of hydrogen-bond donors (Lipinski definition) is 2. The van der Waals surface area contributed by atoms with Crippen LogP contribution in [0.4, 0.5) is 5.13 Å². The van der Waals surface area contributed by atoms with Crippen LogP contribution in [-0.4, -0.2) is 22.1 Å². The summed E-state index contributed by atoms with van der Waals surface area (Å²) in [6, 6.07) is 0.459. The van der Waals surface area contributed by atoms with Crippen molar-refractivity contribution < 1.29 is 9.90 Å². The third-order valence-corrected chi connectivity index (χ3v) is 4.94. The number of carbonyl (C=O) groups is 1. The van der Waals surface area contributed by atoms with Gasteiger partial charge in [0.15, 0.2) is 5.13 Å². The Bertz CT molecular complexity index is 437. The fraction of sp³-hybridized carbons (Fsp3) is 0.714. The molecule has 1 aliphatic rings. The smallest absolute Gasteiger partial charge is 0.347 e. The third kappa shape index (κ3) is 3.69. The molecule has 0 saturated heterocycles. The summed E-state index contributed by atoms with van der Waals surface area (Å²) in [6.07, 6.45) is 7.52. The average molecular weight is 282 g/mol. The molecule has 2 N–H and O–H groups in total. The van der Waals surface area contributed by atoms with Gasteiger partial charge in [-0.2, -0.15) is 0 Å². The maximum Gasteiger partial charge on any atom is 0.347 e. The Hall–Kier alpha value is -1.10. The highest BCUT2D eigenvalue weighted by Gasteiger charge is 2.22. The van der Waals surface area contributed by atoms with Crippen molar-refractivity contribution in [2.45, 2.75) is 58.4 Å². The lowest BCUT2D eigenvalue weighted by atomic mass is 9.83. The zero-order valence-corrected chi connectivity index (χ0v) is 12.4. The van der Waals surface area contributed by atoms with Gasteiger partial charge in [0.25, 0.3) is 0 Å². The van der Waals surface area contributed by atoms with Crippen LogP contribution in [0.5, 0.6) is 0 Å². The second kappa shape index (κ2) is 6.37. The number of carboxylic acid groups (broad SMARTS) is 1. The Morgan fingerprint density at radius 1 is 1.42 bits per heavy atom. The summed E-state index contributed by atoms with van der Waals surface area (Å²) in [5.41, 5.74) is 0.611. The molecule has 1 fully saturated rings. The quantitative estimate of drug-likeness (QED) is 0.859. The van der Waals surface area contributed by atoms with Gasteiger partial charge in [-0.15, -0.1) is 0 Å². The number of hydrogen-bond acceptors (Lipinski definition) is 4. The lowest BCUT2D eigenvalue weighted by Crippen LogP contribution is -2.25. The van der Waals surface area contributed by atoms with Crippen molar-refractivity contribution in [2.24, 2.45) is 5.92 Å². The van der Waals surface area contributed by atoms with E-state index < -0.39 is 5.97 Å². The molecule has 1 aromatic heterocycles. The summed E-state index contributed by atoms with van der Waals surface area (Å²) in [5, 5.41) is 13.2. The van der Waals surface area contributed by atoms with Crippen LogP contribution in [-0.2, 0) is 0 Å². The first-order valence-electron chi connectivity index (χ1n) is 7.07. The monoisotopic (exact) mass is 282 g/mol. The van der Waals surface area contributed by atoms with Crippen LogP contribution in [0.15, 0.2) is 0 Å². The largest absolute Gasteiger partial charge is 0.477 e. The Labute approximate surface area is 118 Å². The lowest BCUT2D eigenvalue weighted by Gasteiger charge is -2.28. The van der Waals surface area contributed by atoms with Gasteiger partial charge in [0, 0.05) is 6.04 Å². The molecule has 1 heterocycles. The molecule has 4 nitrogen and oxygen atoms in total. The lowest BCUT2D eigenvalue weighted by molar-refractivity contribution is 0.0701. The molecule has 0 amide bonds. The number of rotatable bonds is 5. The van der Waals surface area contributed by atoms with Crippen molar-refractivity contribution in [2.75, 3.05) is 5.32 Å². The minimum absolute atomic E-state index is 0.349. The summed E-state index contributed by atoms with van der Waals surface area (Å²) >= 11 is 1.25. The molecule has 0 atom stereocenters. The molecule has 1 saturated carbocycles. The van der Waals surface area contributed by atoms with Crippen molar-refractivity contribution in [1.82, 2.24) is 4.98 Å². The van der Waals surface area contributed by atoms with Crippen molar-refractivity contribution in [3.63, 3.8) is 0 Å². The first-order chi connectivity index (χ1) is 9.10. The van der Waals surface area contributed by atoms with E-state index in [-0.39, 0.29) is 0 Å². The maximum atomic E-state index is 11.0. The van der Waals surface area contributed by atoms with Crippen LogP contribution in [0, 0.1) is 12.8 Å². The van der Waals surface area contributed by atoms with E-state index in [1.54, 1.807) is 6.92 Å². The summed E-state index contributed by atoms with van der Waals surface area (Å²) in [5.74, 6) is 0.00497. The Kier molecular flexibility index (Phi) is 4.80. The predicted molar refractivity (Wildman–Crippen MR) is 78.1 cm³/mol. The molecule has 106 valence electrons. The summed E-state index contributed by atoms with van der Waals surface area (Å²) in [4.78, 5) is 15.6. The number of aromatic nitrogens is 1.